The Labute approximate surface area is 405 Å². The maximum atomic E-state index is 10.9. The standard InChI is InChI=1S/C49H94O19/c1-3-5-7-9-11-13-15-17-19-21-23-33(24-22-20-18-16-14-12-10-8-6-4-2)28-62-29-49(30-63-46-43(59)40(56)37(53)34(25-50)66-46,31-64-47-44(60)41(57)38(54)35(26-51)67-47)32-65-48-45(61)42(58)39(55)36(27-52)68-48/h33-48,50-61H,3-32H2,1-2H3/t34?,35?,36?,37-,38-,39-,40+,41+,42+,43?,44?,45?,46-,47-,48-,49?/m1/s1. The lowest BCUT2D eigenvalue weighted by Crippen LogP contribution is -2.61. The fourth-order valence-corrected chi connectivity index (χ4v) is 9.24. The maximum absolute atomic E-state index is 10.9. The Morgan fingerprint density at radius 1 is 0.368 bits per heavy atom. The van der Waals surface area contributed by atoms with Crippen LogP contribution in [0.2, 0.25) is 0 Å². The predicted molar refractivity (Wildman–Crippen MR) is 249 cm³/mol. The number of hydrogen-bond donors (Lipinski definition) is 12. The van der Waals surface area contributed by atoms with Crippen LogP contribution in [-0.4, -0.2) is 206 Å². The van der Waals surface area contributed by atoms with E-state index in [1.807, 2.05) is 0 Å². The molecule has 0 radical (unpaired) electrons. The van der Waals surface area contributed by atoms with Gasteiger partial charge in [0.1, 0.15) is 73.2 Å². The number of ether oxygens (including phenoxy) is 7. The SMILES string of the molecule is CCCCCCCCCCCCC(CCCCCCCCCCCC)COCC(CO[C@@H]1OC(CO)[C@@H](O)[C@H](O)C1O)(CO[C@@H]1OC(CO)[C@@H](O)[C@H](O)C1O)CO[C@@H]1OC(CO)[C@@H](O)[C@H](O)C1O. The highest BCUT2D eigenvalue weighted by Crippen LogP contribution is 2.32. The van der Waals surface area contributed by atoms with Crippen LogP contribution in [0.4, 0.5) is 0 Å². The maximum Gasteiger partial charge on any atom is 0.186 e. The minimum atomic E-state index is -1.80. The van der Waals surface area contributed by atoms with Crippen molar-refractivity contribution < 1.29 is 94.4 Å². The van der Waals surface area contributed by atoms with Gasteiger partial charge in [-0.1, -0.05) is 142 Å². The highest BCUT2D eigenvalue weighted by Gasteiger charge is 2.49. The lowest BCUT2D eigenvalue weighted by Gasteiger charge is -2.44. The second-order valence-corrected chi connectivity index (χ2v) is 19.8. The molecular weight excluding hydrogens is 893 g/mol. The second-order valence-electron chi connectivity index (χ2n) is 19.8. The molecule has 3 aliphatic heterocycles. The van der Waals surface area contributed by atoms with Crippen LogP contribution in [0.25, 0.3) is 0 Å². The summed E-state index contributed by atoms with van der Waals surface area (Å²) in [6.45, 7) is 0.862. The molecule has 15 atom stereocenters. The molecule has 19 heteroatoms. The molecule has 0 saturated carbocycles. The van der Waals surface area contributed by atoms with E-state index in [0.717, 1.165) is 51.4 Å². The van der Waals surface area contributed by atoms with Crippen LogP contribution < -0.4 is 0 Å². The van der Waals surface area contributed by atoms with Crippen molar-refractivity contribution in [3.05, 3.63) is 0 Å². The summed E-state index contributed by atoms with van der Waals surface area (Å²) in [7, 11) is 0. The summed E-state index contributed by atoms with van der Waals surface area (Å²) in [5, 5.41) is 125. The zero-order valence-electron chi connectivity index (χ0n) is 41.2. The van der Waals surface area contributed by atoms with E-state index in [9.17, 15) is 61.3 Å². The van der Waals surface area contributed by atoms with Crippen LogP contribution in [-0.2, 0) is 33.2 Å². The monoisotopic (exact) mass is 987 g/mol. The number of aliphatic hydroxyl groups excluding tert-OH is 12. The normalized spacial score (nSPS) is 33.3. The number of hydrogen-bond acceptors (Lipinski definition) is 19. The average molecular weight is 987 g/mol. The predicted octanol–water partition coefficient (Wildman–Crippen LogP) is 1.68. The van der Waals surface area contributed by atoms with Crippen molar-refractivity contribution >= 4 is 0 Å². The van der Waals surface area contributed by atoms with Crippen molar-refractivity contribution in [3.8, 4) is 0 Å². The Hall–Kier alpha value is -0.760. The molecule has 0 aliphatic carbocycles. The van der Waals surface area contributed by atoms with Gasteiger partial charge in [-0.3, -0.25) is 0 Å². The second kappa shape index (κ2) is 34.6. The van der Waals surface area contributed by atoms with Gasteiger partial charge in [0.2, 0.25) is 0 Å². The summed E-state index contributed by atoms with van der Waals surface area (Å²) in [5.41, 5.74) is -1.55. The van der Waals surface area contributed by atoms with Gasteiger partial charge in [0.25, 0.3) is 0 Å². The minimum absolute atomic E-state index is 0.167. The molecule has 3 heterocycles. The van der Waals surface area contributed by atoms with E-state index in [4.69, 9.17) is 33.2 Å². The molecule has 3 aliphatic rings. The first-order chi connectivity index (χ1) is 32.8. The Morgan fingerprint density at radius 2 is 0.647 bits per heavy atom. The summed E-state index contributed by atoms with van der Waals surface area (Å²) < 4.78 is 41.7. The van der Waals surface area contributed by atoms with Crippen molar-refractivity contribution in [2.75, 3.05) is 52.9 Å². The van der Waals surface area contributed by atoms with Crippen LogP contribution in [0.1, 0.15) is 155 Å². The van der Waals surface area contributed by atoms with E-state index >= 15 is 0 Å². The molecular formula is C49H94O19. The van der Waals surface area contributed by atoms with Crippen LogP contribution in [0.15, 0.2) is 0 Å². The van der Waals surface area contributed by atoms with Gasteiger partial charge in [0.15, 0.2) is 18.9 Å². The van der Waals surface area contributed by atoms with Gasteiger partial charge in [0.05, 0.1) is 51.7 Å². The minimum Gasteiger partial charge on any atom is -0.394 e. The molecule has 3 rings (SSSR count). The molecule has 404 valence electrons. The van der Waals surface area contributed by atoms with E-state index in [0.29, 0.717) is 6.61 Å². The van der Waals surface area contributed by atoms with E-state index in [1.165, 1.54) is 89.9 Å². The first kappa shape index (κ1) is 61.5. The third kappa shape index (κ3) is 20.6. The molecule has 68 heavy (non-hydrogen) atoms. The topological polar surface area (TPSA) is 307 Å². The summed E-state index contributed by atoms with van der Waals surface area (Å²) in [6.07, 6.45) is 1.44. The van der Waals surface area contributed by atoms with E-state index < -0.39 is 137 Å². The van der Waals surface area contributed by atoms with E-state index in [2.05, 4.69) is 13.8 Å². The Bertz CT molecular complexity index is 1110. The van der Waals surface area contributed by atoms with Crippen molar-refractivity contribution in [3.63, 3.8) is 0 Å². The molecule has 3 fully saturated rings. The highest BCUT2D eigenvalue weighted by molar-refractivity contribution is 4.93. The largest absolute Gasteiger partial charge is 0.394 e. The first-order valence-corrected chi connectivity index (χ1v) is 26.1. The van der Waals surface area contributed by atoms with Crippen LogP contribution >= 0.6 is 0 Å². The molecule has 0 bridgehead atoms. The molecule has 19 nitrogen and oxygen atoms in total. The van der Waals surface area contributed by atoms with E-state index in [1.54, 1.807) is 0 Å². The van der Waals surface area contributed by atoms with Gasteiger partial charge in [-0.2, -0.15) is 0 Å². The summed E-state index contributed by atoms with van der Waals surface area (Å²) in [5.74, 6) is 0.167. The lowest BCUT2D eigenvalue weighted by molar-refractivity contribution is -0.332. The fraction of sp³-hybridized carbons (Fsp3) is 1.00. The van der Waals surface area contributed by atoms with Crippen molar-refractivity contribution in [2.24, 2.45) is 11.3 Å². The van der Waals surface area contributed by atoms with Gasteiger partial charge in [-0.15, -0.1) is 0 Å². The molecule has 0 aromatic heterocycles. The Morgan fingerprint density at radius 3 is 0.926 bits per heavy atom. The molecule has 0 aromatic carbocycles. The van der Waals surface area contributed by atoms with Crippen molar-refractivity contribution in [1.82, 2.24) is 0 Å². The third-order valence-electron chi connectivity index (χ3n) is 13.9. The summed E-state index contributed by atoms with van der Waals surface area (Å²) in [6, 6.07) is 0. The molecule has 0 aromatic rings. The van der Waals surface area contributed by atoms with Gasteiger partial charge >= 0.3 is 0 Å². The van der Waals surface area contributed by atoms with Crippen LogP contribution in [0.5, 0.6) is 0 Å². The lowest BCUT2D eigenvalue weighted by atomic mass is 9.90. The quantitative estimate of drug-likeness (QED) is 0.0392. The molecule has 0 amide bonds. The average Bonchev–Trinajstić information content (AvgIpc) is 3.34. The highest BCUT2D eigenvalue weighted by atomic mass is 16.7. The molecule has 12 N–H and O–H groups in total. The van der Waals surface area contributed by atoms with Crippen LogP contribution in [0, 0.1) is 11.3 Å². The van der Waals surface area contributed by atoms with Gasteiger partial charge in [0, 0.05) is 6.61 Å². The van der Waals surface area contributed by atoms with Crippen molar-refractivity contribution in [2.45, 2.75) is 247 Å². The van der Waals surface area contributed by atoms with Gasteiger partial charge in [-0.25, -0.2) is 0 Å². The molecule has 0 spiro atoms. The van der Waals surface area contributed by atoms with Crippen LogP contribution in [0.3, 0.4) is 0 Å². The smallest absolute Gasteiger partial charge is 0.186 e. The number of unbranched alkanes of at least 4 members (excludes halogenated alkanes) is 18. The molecule has 6 unspecified atom stereocenters. The number of rotatable bonds is 38. The number of aliphatic hydroxyl groups is 12. The van der Waals surface area contributed by atoms with Gasteiger partial charge in [-0.05, 0) is 18.8 Å². The fourth-order valence-electron chi connectivity index (χ4n) is 9.24. The summed E-state index contributed by atoms with van der Waals surface area (Å²) >= 11 is 0. The zero-order valence-corrected chi connectivity index (χ0v) is 41.2. The molecule has 3 saturated heterocycles. The van der Waals surface area contributed by atoms with Crippen molar-refractivity contribution in [1.29, 1.82) is 0 Å². The van der Waals surface area contributed by atoms with Gasteiger partial charge < -0.3 is 94.4 Å². The van der Waals surface area contributed by atoms with E-state index in [-0.39, 0.29) is 12.5 Å². The third-order valence-corrected chi connectivity index (χ3v) is 13.9. The Kier molecular flexibility index (Phi) is 31.3. The Balaban J connectivity index is 1.85. The first-order valence-electron chi connectivity index (χ1n) is 26.1. The zero-order chi connectivity index (χ0) is 49.9. The summed E-state index contributed by atoms with van der Waals surface area (Å²) in [4.78, 5) is 0.